The first kappa shape index (κ1) is 35.8. The van der Waals surface area contributed by atoms with Gasteiger partial charge in [-0.25, -0.2) is 4.98 Å². The molecule has 0 saturated heterocycles. The molecule has 306 valence electrons. The predicted octanol–water partition coefficient (Wildman–Crippen LogP) is 16.0. The fourth-order valence-electron chi connectivity index (χ4n) is 10.6. The van der Waals surface area contributed by atoms with E-state index in [2.05, 4.69) is 191 Å². The van der Waals surface area contributed by atoms with Gasteiger partial charge in [0.15, 0.2) is 11.6 Å². The first-order valence-corrected chi connectivity index (χ1v) is 23.0. The van der Waals surface area contributed by atoms with Crippen LogP contribution in [0.1, 0.15) is 0 Å². The number of hydrogen-bond donors (Lipinski definition) is 0. The zero-order valence-corrected chi connectivity index (χ0v) is 35.9. The molecule has 0 aliphatic rings. The van der Waals surface area contributed by atoms with Gasteiger partial charge >= 0.3 is 0 Å². The monoisotopic (exact) mass is 859 g/mol. The van der Waals surface area contributed by atoms with Crippen molar-refractivity contribution >= 4 is 119 Å². The van der Waals surface area contributed by atoms with E-state index in [1.165, 1.54) is 47.8 Å². The van der Waals surface area contributed by atoms with Crippen LogP contribution in [-0.2, 0) is 0 Å². The first-order valence-electron chi connectivity index (χ1n) is 22.2. The highest BCUT2D eigenvalue weighted by Gasteiger charge is 2.23. The van der Waals surface area contributed by atoms with Gasteiger partial charge in [-0.3, -0.25) is 4.57 Å². The van der Waals surface area contributed by atoms with Crippen LogP contribution in [0, 0.1) is 0 Å². The van der Waals surface area contributed by atoms with Crippen LogP contribution in [0.15, 0.2) is 205 Å². The van der Waals surface area contributed by atoms with Crippen LogP contribution in [-0.4, -0.2) is 24.1 Å². The van der Waals surface area contributed by atoms with Crippen molar-refractivity contribution in [2.45, 2.75) is 0 Å². The number of hydrogen-bond acceptors (Lipinski definition) is 5. The van der Waals surface area contributed by atoms with Gasteiger partial charge in [-0.2, -0.15) is 9.97 Å². The van der Waals surface area contributed by atoms with Crippen molar-refractivity contribution in [2.24, 2.45) is 0 Å². The molecule has 15 rings (SSSR count). The Hall–Kier alpha value is -8.65. The summed E-state index contributed by atoms with van der Waals surface area (Å²) in [5.41, 5.74) is 8.90. The maximum absolute atomic E-state index is 6.28. The number of furan rings is 1. The third-order valence-corrected chi connectivity index (χ3v) is 14.6. The van der Waals surface area contributed by atoms with Gasteiger partial charge < -0.3 is 8.98 Å². The van der Waals surface area contributed by atoms with Crippen LogP contribution in [0.2, 0.25) is 0 Å². The van der Waals surface area contributed by atoms with Crippen molar-refractivity contribution in [3.8, 4) is 34.4 Å². The largest absolute Gasteiger partial charge is 0.456 e. The van der Waals surface area contributed by atoms with Gasteiger partial charge in [0.25, 0.3) is 0 Å². The number of rotatable bonds is 4. The van der Waals surface area contributed by atoms with E-state index in [1.54, 1.807) is 0 Å². The fraction of sp³-hybridized carbons (Fsp3) is 0. The molecular weight excluding hydrogens is 827 g/mol. The van der Waals surface area contributed by atoms with E-state index >= 15 is 0 Å². The lowest BCUT2D eigenvalue weighted by molar-refractivity contribution is 0.669. The lowest BCUT2D eigenvalue weighted by atomic mass is 10.0. The minimum atomic E-state index is 0.553. The van der Waals surface area contributed by atoms with E-state index in [0.29, 0.717) is 17.6 Å². The smallest absolute Gasteiger partial charge is 0.238 e. The molecule has 0 aliphatic heterocycles. The van der Waals surface area contributed by atoms with Crippen molar-refractivity contribution in [3.63, 3.8) is 0 Å². The van der Waals surface area contributed by atoms with E-state index in [-0.39, 0.29) is 0 Å². The third kappa shape index (κ3) is 5.08. The minimum Gasteiger partial charge on any atom is -0.456 e. The third-order valence-electron chi connectivity index (χ3n) is 13.5. The highest BCUT2D eigenvalue weighted by Crippen LogP contribution is 2.45. The molecule has 7 heteroatoms. The molecule has 0 aliphatic carbocycles. The minimum absolute atomic E-state index is 0.553. The number of para-hydroxylation sites is 3. The Kier molecular flexibility index (Phi) is 7.28. The predicted molar refractivity (Wildman–Crippen MR) is 275 cm³/mol. The standard InChI is InChI=1S/C59H33N5OS/c1-2-15-36-31-49-45(29-35(36)14-1)55-39-16-4-3-13-34(39)25-27-48(55)63(49)50-32-38(33-54-56(50)43-20-8-12-24-53(43)66-54)58-60-57(37-26-28-52-44(30-37)42-19-7-11-23-51(42)65-52)61-59(62-58)64-46-21-9-5-17-40(46)41-18-6-10-22-47(41)64/h1-33H. The molecule has 15 aromatic rings. The molecule has 0 radical (unpaired) electrons. The molecule has 0 atom stereocenters. The van der Waals surface area contributed by atoms with E-state index in [9.17, 15) is 0 Å². The van der Waals surface area contributed by atoms with Gasteiger partial charge in [0.1, 0.15) is 11.2 Å². The summed E-state index contributed by atoms with van der Waals surface area (Å²) in [5, 5.41) is 14.1. The second-order valence-corrected chi connectivity index (χ2v) is 18.2. The highest BCUT2D eigenvalue weighted by atomic mass is 32.1. The number of aromatic nitrogens is 5. The average molecular weight is 860 g/mol. The maximum Gasteiger partial charge on any atom is 0.238 e. The summed E-state index contributed by atoms with van der Waals surface area (Å²) in [6.45, 7) is 0. The second-order valence-electron chi connectivity index (χ2n) is 17.2. The summed E-state index contributed by atoms with van der Waals surface area (Å²) in [7, 11) is 0. The summed E-state index contributed by atoms with van der Waals surface area (Å²) in [6, 6.07) is 71.5. The fourth-order valence-corrected chi connectivity index (χ4v) is 11.8. The van der Waals surface area contributed by atoms with Crippen molar-refractivity contribution in [1.29, 1.82) is 0 Å². The van der Waals surface area contributed by atoms with Crippen molar-refractivity contribution < 1.29 is 4.42 Å². The van der Waals surface area contributed by atoms with Gasteiger partial charge in [-0.05, 0) is 94.3 Å². The molecule has 6 nitrogen and oxygen atoms in total. The quantitative estimate of drug-likeness (QED) is 0.177. The Balaban J connectivity index is 1.06. The Morgan fingerprint density at radius 1 is 0.348 bits per heavy atom. The van der Waals surface area contributed by atoms with E-state index in [1.807, 2.05) is 29.5 Å². The van der Waals surface area contributed by atoms with Crippen molar-refractivity contribution in [1.82, 2.24) is 24.1 Å². The maximum atomic E-state index is 6.28. The van der Waals surface area contributed by atoms with Gasteiger partial charge in [-0.15, -0.1) is 11.3 Å². The molecule has 66 heavy (non-hydrogen) atoms. The van der Waals surface area contributed by atoms with Gasteiger partial charge in [0, 0.05) is 63.6 Å². The SMILES string of the molecule is c1ccc2cc3c(cc2c1)c1c2ccccc2ccc1n3-c1cc(-c2nc(-c3ccc4oc5ccccc5c4c3)nc(-n3c4ccccc4c4ccccc43)n2)cc2sc3ccccc3c12. The summed E-state index contributed by atoms with van der Waals surface area (Å²) in [5.74, 6) is 1.72. The topological polar surface area (TPSA) is 61.7 Å². The van der Waals surface area contributed by atoms with Gasteiger partial charge in [-0.1, -0.05) is 127 Å². The average Bonchev–Trinajstić information content (AvgIpc) is 4.13. The molecule has 0 amide bonds. The Bertz CT molecular complexity index is 4500. The summed E-state index contributed by atoms with van der Waals surface area (Å²) in [6.07, 6.45) is 0. The van der Waals surface area contributed by atoms with Crippen molar-refractivity contribution in [3.05, 3.63) is 200 Å². The van der Waals surface area contributed by atoms with Crippen LogP contribution >= 0.6 is 11.3 Å². The number of thiophene rings is 1. The molecule has 0 fully saturated rings. The molecule has 0 unspecified atom stereocenters. The highest BCUT2D eigenvalue weighted by molar-refractivity contribution is 7.26. The zero-order chi connectivity index (χ0) is 43.0. The van der Waals surface area contributed by atoms with Crippen LogP contribution in [0.4, 0.5) is 0 Å². The van der Waals surface area contributed by atoms with E-state index in [4.69, 9.17) is 19.4 Å². The van der Waals surface area contributed by atoms with Crippen LogP contribution < -0.4 is 0 Å². The van der Waals surface area contributed by atoms with E-state index < -0.39 is 0 Å². The normalized spacial score (nSPS) is 12.2. The summed E-state index contributed by atoms with van der Waals surface area (Å²) in [4.78, 5) is 16.3. The Morgan fingerprint density at radius 3 is 1.79 bits per heavy atom. The molecule has 5 aromatic heterocycles. The summed E-state index contributed by atoms with van der Waals surface area (Å²) < 4.78 is 13.3. The lowest BCUT2D eigenvalue weighted by Crippen LogP contribution is -2.06. The lowest BCUT2D eigenvalue weighted by Gasteiger charge is -2.15. The van der Waals surface area contributed by atoms with Crippen LogP contribution in [0.3, 0.4) is 0 Å². The summed E-state index contributed by atoms with van der Waals surface area (Å²) >= 11 is 1.81. The molecule has 0 saturated carbocycles. The zero-order valence-electron chi connectivity index (χ0n) is 35.1. The molecule has 0 bridgehead atoms. The number of fused-ring (bicyclic) bond motifs is 15. The van der Waals surface area contributed by atoms with Crippen LogP contribution in [0.25, 0.3) is 142 Å². The number of benzene rings is 10. The first-order chi connectivity index (χ1) is 32.7. The van der Waals surface area contributed by atoms with Gasteiger partial charge in [0.05, 0.1) is 27.8 Å². The van der Waals surface area contributed by atoms with Crippen LogP contribution in [0.5, 0.6) is 0 Å². The molecule has 0 N–H and O–H groups in total. The molecular formula is C59H33N5OS. The van der Waals surface area contributed by atoms with Gasteiger partial charge in [0.2, 0.25) is 5.95 Å². The molecule has 10 aromatic carbocycles. The number of nitrogens with zero attached hydrogens (tertiary/aromatic N) is 5. The Morgan fingerprint density at radius 2 is 0.985 bits per heavy atom. The molecule has 0 spiro atoms. The Labute approximate surface area is 379 Å². The second kappa shape index (κ2) is 13.4. The van der Waals surface area contributed by atoms with Crippen molar-refractivity contribution in [2.75, 3.05) is 0 Å². The molecule has 5 heterocycles. The van der Waals surface area contributed by atoms with E-state index in [0.717, 1.165) is 76.3 Å².